The zero-order valence-electron chi connectivity index (χ0n) is 4.78. The van der Waals surface area contributed by atoms with Gasteiger partial charge in [0.2, 0.25) is 0 Å². The third kappa shape index (κ3) is 1.25. The third-order valence-corrected chi connectivity index (χ3v) is 0.867. The molecule has 0 aromatic carbocycles. The van der Waals surface area contributed by atoms with Gasteiger partial charge in [0.25, 0.3) is 0 Å². The van der Waals surface area contributed by atoms with Gasteiger partial charge in [0.05, 0.1) is 5.56 Å². The van der Waals surface area contributed by atoms with Crippen LogP contribution in [0.2, 0.25) is 0 Å². The zero-order valence-corrected chi connectivity index (χ0v) is 4.78. The first-order chi connectivity index (χ1) is 4.70. The molecule has 1 aromatic heterocycles. The van der Waals surface area contributed by atoms with Crippen molar-refractivity contribution < 1.29 is 14.3 Å². The first kappa shape index (κ1) is 6.60. The molecule has 0 aliphatic carbocycles. The molecule has 0 bridgehead atoms. The van der Waals surface area contributed by atoms with Gasteiger partial charge in [-0.2, -0.15) is 4.39 Å². The molecule has 0 radical (unpaired) electrons. The number of carbonyl (C=O) groups is 1. The van der Waals surface area contributed by atoms with Gasteiger partial charge in [-0.05, 0) is 0 Å². The molecule has 0 saturated carbocycles. The van der Waals surface area contributed by atoms with Gasteiger partial charge >= 0.3 is 12.0 Å². The number of nitrogens with zero attached hydrogens (tertiary/aromatic N) is 2. The molecule has 0 amide bonds. The third-order valence-electron chi connectivity index (χ3n) is 0.867. The maximum Gasteiger partial charge on any atom is 0.338 e. The van der Waals surface area contributed by atoms with Crippen molar-refractivity contribution in [3.8, 4) is 0 Å². The lowest BCUT2D eigenvalue weighted by Crippen LogP contribution is -1.99. The molecule has 1 heterocycles. The van der Waals surface area contributed by atoms with E-state index in [0.29, 0.717) is 0 Å². The van der Waals surface area contributed by atoms with E-state index in [1.807, 2.05) is 0 Å². The minimum Gasteiger partial charge on any atom is -0.478 e. The van der Waals surface area contributed by atoms with Crippen molar-refractivity contribution in [1.29, 1.82) is 0 Å². The van der Waals surface area contributed by atoms with Crippen molar-refractivity contribution in [1.82, 2.24) is 9.97 Å². The van der Waals surface area contributed by atoms with Crippen LogP contribution in [0.4, 0.5) is 4.39 Å². The highest BCUT2D eigenvalue weighted by Gasteiger charge is 2.02. The van der Waals surface area contributed by atoms with Crippen molar-refractivity contribution in [3.63, 3.8) is 0 Å². The summed E-state index contributed by atoms with van der Waals surface area (Å²) in [5.41, 5.74) is -0.124. The first-order valence-electron chi connectivity index (χ1n) is 2.41. The van der Waals surface area contributed by atoms with E-state index in [4.69, 9.17) is 5.11 Å². The highest BCUT2D eigenvalue weighted by molar-refractivity contribution is 5.86. The molecule has 0 saturated heterocycles. The van der Waals surface area contributed by atoms with E-state index in [2.05, 4.69) is 9.97 Å². The molecule has 0 spiro atoms. The molecule has 10 heavy (non-hydrogen) atoms. The van der Waals surface area contributed by atoms with Gasteiger partial charge in [0, 0.05) is 12.4 Å². The summed E-state index contributed by atoms with van der Waals surface area (Å²) in [4.78, 5) is 16.2. The quantitative estimate of drug-likeness (QED) is 0.573. The van der Waals surface area contributed by atoms with Crippen LogP contribution in [0.1, 0.15) is 10.4 Å². The summed E-state index contributed by atoms with van der Waals surface area (Å²) in [6.45, 7) is 0. The van der Waals surface area contributed by atoms with Crippen molar-refractivity contribution in [2.75, 3.05) is 0 Å². The first-order valence-corrected chi connectivity index (χ1v) is 2.41. The van der Waals surface area contributed by atoms with Crippen LogP contribution < -0.4 is 0 Å². The molecule has 5 heteroatoms. The number of aromatic carboxylic acids is 1. The molecule has 4 nitrogen and oxygen atoms in total. The Kier molecular flexibility index (Phi) is 1.57. The van der Waals surface area contributed by atoms with Gasteiger partial charge in [-0.15, -0.1) is 0 Å². The minimum atomic E-state index is -1.17. The van der Waals surface area contributed by atoms with E-state index >= 15 is 0 Å². The Labute approximate surface area is 55.4 Å². The predicted octanol–water partition coefficient (Wildman–Crippen LogP) is 0.314. The molecule has 0 aliphatic heterocycles. The maximum absolute atomic E-state index is 11.9. The fraction of sp³-hybridized carbons (Fsp3) is 0. The summed E-state index contributed by atoms with van der Waals surface area (Å²) in [5, 5.41) is 8.27. The molecule has 52 valence electrons. The lowest BCUT2D eigenvalue weighted by Gasteiger charge is -1.89. The van der Waals surface area contributed by atoms with E-state index in [1.54, 1.807) is 0 Å². The molecule has 0 fully saturated rings. The normalized spacial score (nSPS) is 9.30. The summed E-state index contributed by atoms with van der Waals surface area (Å²) in [6.07, 6.45) is 0.889. The summed E-state index contributed by atoms with van der Waals surface area (Å²) >= 11 is 0. The SMILES string of the molecule is O=C(O)c1cnc(F)nc1. The number of hydrogen-bond acceptors (Lipinski definition) is 3. The molecular formula is C5H3FN2O2. The minimum absolute atomic E-state index is 0.124. The van der Waals surface area contributed by atoms with Crippen molar-refractivity contribution in [2.45, 2.75) is 0 Å². The van der Waals surface area contributed by atoms with Crippen LogP contribution in [0.25, 0.3) is 0 Å². The lowest BCUT2D eigenvalue weighted by molar-refractivity contribution is 0.0695. The Hall–Kier alpha value is -1.52. The van der Waals surface area contributed by atoms with Crippen LogP contribution in [-0.2, 0) is 0 Å². The predicted molar refractivity (Wildman–Crippen MR) is 28.9 cm³/mol. The van der Waals surface area contributed by atoms with E-state index < -0.39 is 12.0 Å². The van der Waals surface area contributed by atoms with Crippen LogP contribution in [0.3, 0.4) is 0 Å². The summed E-state index contributed by atoms with van der Waals surface area (Å²) in [7, 11) is 0. The number of aromatic nitrogens is 2. The van der Waals surface area contributed by atoms with E-state index in [0.717, 1.165) is 12.4 Å². The van der Waals surface area contributed by atoms with Crippen LogP contribution in [0.15, 0.2) is 12.4 Å². The molecule has 1 rings (SSSR count). The smallest absolute Gasteiger partial charge is 0.338 e. The lowest BCUT2D eigenvalue weighted by atomic mass is 10.4. The van der Waals surface area contributed by atoms with Crippen LogP contribution in [0.5, 0.6) is 0 Å². The van der Waals surface area contributed by atoms with Crippen molar-refractivity contribution in [2.24, 2.45) is 0 Å². The second-order valence-electron chi connectivity index (χ2n) is 1.55. The van der Waals surface area contributed by atoms with E-state index in [-0.39, 0.29) is 5.56 Å². The van der Waals surface area contributed by atoms with Crippen LogP contribution in [0, 0.1) is 6.08 Å². The van der Waals surface area contributed by atoms with Gasteiger partial charge in [-0.25, -0.2) is 14.8 Å². The van der Waals surface area contributed by atoms with E-state index in [9.17, 15) is 9.18 Å². The highest BCUT2D eigenvalue weighted by atomic mass is 19.1. The summed E-state index contributed by atoms with van der Waals surface area (Å²) in [5.74, 6) is -1.17. The number of halogens is 1. The Morgan fingerprint density at radius 2 is 2.00 bits per heavy atom. The second-order valence-corrected chi connectivity index (χ2v) is 1.55. The largest absolute Gasteiger partial charge is 0.478 e. The Bertz CT molecular complexity index is 246. The molecule has 0 atom stereocenters. The maximum atomic E-state index is 11.9. The fourth-order valence-electron chi connectivity index (χ4n) is 0.423. The Balaban J connectivity index is 3.00. The van der Waals surface area contributed by atoms with Gasteiger partial charge in [0.1, 0.15) is 0 Å². The average molecular weight is 142 g/mol. The average Bonchev–Trinajstić information content (AvgIpc) is 1.88. The van der Waals surface area contributed by atoms with Gasteiger partial charge in [-0.3, -0.25) is 0 Å². The monoisotopic (exact) mass is 142 g/mol. The van der Waals surface area contributed by atoms with Crippen molar-refractivity contribution >= 4 is 5.97 Å². The summed E-state index contributed by atoms with van der Waals surface area (Å²) < 4.78 is 11.9. The topological polar surface area (TPSA) is 63.1 Å². The van der Waals surface area contributed by atoms with Crippen molar-refractivity contribution in [3.05, 3.63) is 24.0 Å². The number of carboxylic acids is 1. The molecule has 1 N–H and O–H groups in total. The molecule has 1 aromatic rings. The summed E-state index contributed by atoms with van der Waals surface area (Å²) in [6, 6.07) is 0. The van der Waals surface area contributed by atoms with Gasteiger partial charge < -0.3 is 5.11 Å². The number of rotatable bonds is 1. The number of carboxylic acid groups (broad SMARTS) is 1. The van der Waals surface area contributed by atoms with Gasteiger partial charge in [0.15, 0.2) is 0 Å². The Morgan fingerprint density at radius 1 is 1.50 bits per heavy atom. The Morgan fingerprint density at radius 3 is 2.40 bits per heavy atom. The zero-order chi connectivity index (χ0) is 7.56. The molecular weight excluding hydrogens is 139 g/mol. The standard InChI is InChI=1S/C5H3FN2O2/c6-5-7-1-3(2-8-5)4(9)10/h1-2H,(H,9,10). The molecule has 0 aliphatic rings. The fourth-order valence-corrected chi connectivity index (χ4v) is 0.423. The van der Waals surface area contributed by atoms with Crippen LogP contribution in [-0.4, -0.2) is 21.0 Å². The van der Waals surface area contributed by atoms with Crippen LogP contribution >= 0.6 is 0 Å². The second kappa shape index (κ2) is 2.38. The number of hydrogen-bond donors (Lipinski definition) is 1. The van der Waals surface area contributed by atoms with Gasteiger partial charge in [-0.1, -0.05) is 0 Å². The highest BCUT2D eigenvalue weighted by Crippen LogP contribution is 1.93. The van der Waals surface area contributed by atoms with E-state index in [1.165, 1.54) is 0 Å². The molecule has 0 unspecified atom stereocenters.